The largest absolute Gasteiger partial charge is 0.369 e. The normalized spacial score (nSPS) is 18.9. The summed E-state index contributed by atoms with van der Waals surface area (Å²) in [7, 11) is 2.21. The number of hydrogen-bond donors (Lipinski definition) is 0. The number of hydrogen-bond acceptors (Lipinski definition) is 6. The average Bonchev–Trinajstić information content (AvgIpc) is 3.27. The Labute approximate surface area is 198 Å². The molecule has 0 radical (unpaired) electrons. The quantitative estimate of drug-likeness (QED) is 0.467. The Morgan fingerprint density at radius 2 is 1.74 bits per heavy atom. The highest BCUT2D eigenvalue weighted by atomic mass is 19.1. The molecule has 0 atom stereocenters. The van der Waals surface area contributed by atoms with Crippen molar-refractivity contribution in [3.05, 3.63) is 54.4 Å². The predicted molar refractivity (Wildman–Crippen MR) is 133 cm³/mol. The number of aryl methyl sites for hydroxylation is 1. The molecule has 3 aromatic heterocycles. The minimum atomic E-state index is -0.282. The zero-order valence-corrected chi connectivity index (χ0v) is 19.8. The summed E-state index contributed by atoms with van der Waals surface area (Å²) in [5.41, 5.74) is 5.30. The van der Waals surface area contributed by atoms with Crippen molar-refractivity contribution in [3.63, 3.8) is 0 Å². The van der Waals surface area contributed by atoms with Gasteiger partial charge in [0.15, 0.2) is 5.65 Å². The van der Waals surface area contributed by atoms with Crippen LogP contribution in [0.1, 0.15) is 18.5 Å². The monoisotopic (exact) mass is 459 g/mol. The number of likely N-dealkylation sites (N-methyl/N-ethyl adjacent to an activating group) is 1. The lowest BCUT2D eigenvalue weighted by molar-refractivity contribution is 0.0982. The van der Waals surface area contributed by atoms with Gasteiger partial charge in [0.25, 0.3) is 0 Å². The van der Waals surface area contributed by atoms with Crippen LogP contribution in [0.25, 0.3) is 27.7 Å². The fraction of sp³-hybridized carbons (Fsp3) is 0.423. The second kappa shape index (κ2) is 8.60. The summed E-state index contributed by atoms with van der Waals surface area (Å²) in [6.45, 7) is 8.71. The number of anilines is 1. The van der Waals surface area contributed by atoms with Gasteiger partial charge in [0.1, 0.15) is 5.82 Å². The van der Waals surface area contributed by atoms with Gasteiger partial charge in [0, 0.05) is 68.0 Å². The lowest BCUT2D eigenvalue weighted by Gasteiger charge is -2.42. The first-order valence-corrected chi connectivity index (χ1v) is 12.1. The van der Waals surface area contributed by atoms with Crippen LogP contribution in [0.4, 0.5) is 10.1 Å². The molecule has 8 heteroatoms. The summed E-state index contributed by atoms with van der Waals surface area (Å²) in [6, 6.07) is 7.46. The molecule has 2 aliphatic rings. The number of benzene rings is 1. The van der Waals surface area contributed by atoms with Crippen LogP contribution in [0.3, 0.4) is 0 Å². The third-order valence-electron chi connectivity index (χ3n) is 7.42. The number of fused-ring (bicyclic) bond motifs is 2. The van der Waals surface area contributed by atoms with E-state index in [0.29, 0.717) is 11.6 Å². The topological polar surface area (TPSA) is 52.8 Å². The van der Waals surface area contributed by atoms with Gasteiger partial charge in [-0.1, -0.05) is 0 Å². The van der Waals surface area contributed by atoms with E-state index >= 15 is 0 Å². The van der Waals surface area contributed by atoms with E-state index in [9.17, 15) is 4.39 Å². The fourth-order valence-electron chi connectivity index (χ4n) is 5.45. The number of aromatic nitrogens is 4. The molecule has 2 aliphatic heterocycles. The molecule has 0 aliphatic carbocycles. The van der Waals surface area contributed by atoms with E-state index in [4.69, 9.17) is 4.98 Å². The van der Waals surface area contributed by atoms with Gasteiger partial charge in [0.05, 0.1) is 29.8 Å². The van der Waals surface area contributed by atoms with E-state index in [-0.39, 0.29) is 5.82 Å². The fourth-order valence-corrected chi connectivity index (χ4v) is 5.45. The summed E-state index contributed by atoms with van der Waals surface area (Å²) in [5, 5.41) is 5.52. The smallest absolute Gasteiger partial charge is 0.162 e. The zero-order chi connectivity index (χ0) is 23.2. The molecule has 1 aromatic carbocycles. The highest BCUT2D eigenvalue weighted by Gasteiger charge is 2.27. The first kappa shape index (κ1) is 21.4. The van der Waals surface area contributed by atoms with Gasteiger partial charge in [-0.3, -0.25) is 9.88 Å². The molecule has 0 spiro atoms. The summed E-state index contributed by atoms with van der Waals surface area (Å²) in [5.74, 6) is -0.282. The summed E-state index contributed by atoms with van der Waals surface area (Å²) >= 11 is 0. The van der Waals surface area contributed by atoms with Gasteiger partial charge in [-0.15, -0.1) is 0 Å². The van der Waals surface area contributed by atoms with E-state index in [2.05, 4.69) is 38.0 Å². The molecule has 7 nitrogen and oxygen atoms in total. The van der Waals surface area contributed by atoms with Crippen molar-refractivity contribution < 1.29 is 4.39 Å². The first-order valence-electron chi connectivity index (χ1n) is 12.1. The summed E-state index contributed by atoms with van der Waals surface area (Å²) < 4.78 is 15.6. The Bertz CT molecular complexity index is 1330. The summed E-state index contributed by atoms with van der Waals surface area (Å²) in [6.07, 6.45) is 8.27. The molecule has 0 unspecified atom stereocenters. The maximum Gasteiger partial charge on any atom is 0.162 e. The van der Waals surface area contributed by atoms with Crippen LogP contribution in [0, 0.1) is 12.7 Å². The molecule has 0 N–H and O–H groups in total. The third-order valence-corrected chi connectivity index (χ3v) is 7.42. The van der Waals surface area contributed by atoms with E-state index in [1.165, 1.54) is 51.2 Å². The minimum Gasteiger partial charge on any atom is -0.369 e. The maximum absolute atomic E-state index is 13.8. The Balaban J connectivity index is 1.24. The van der Waals surface area contributed by atoms with Gasteiger partial charge in [0.2, 0.25) is 0 Å². The lowest BCUT2D eigenvalue weighted by atomic mass is 10.0. The van der Waals surface area contributed by atoms with Gasteiger partial charge in [-0.05, 0) is 50.6 Å². The van der Waals surface area contributed by atoms with Gasteiger partial charge >= 0.3 is 0 Å². The van der Waals surface area contributed by atoms with E-state index in [1.807, 2.05) is 29.9 Å². The third kappa shape index (κ3) is 3.91. The average molecular weight is 460 g/mol. The summed E-state index contributed by atoms with van der Waals surface area (Å²) in [4.78, 5) is 16.8. The molecular weight excluding hydrogens is 429 g/mol. The van der Waals surface area contributed by atoms with E-state index in [0.717, 1.165) is 46.6 Å². The molecule has 2 saturated heterocycles. The number of piperidine rings is 1. The van der Waals surface area contributed by atoms with Crippen molar-refractivity contribution in [2.24, 2.45) is 0 Å². The first-order chi connectivity index (χ1) is 16.5. The molecule has 34 heavy (non-hydrogen) atoms. The Hall–Kier alpha value is -3.10. The molecule has 0 bridgehead atoms. The second-order valence-electron chi connectivity index (χ2n) is 9.67. The number of halogens is 1. The molecule has 176 valence electrons. The van der Waals surface area contributed by atoms with Crippen molar-refractivity contribution >= 4 is 22.2 Å². The van der Waals surface area contributed by atoms with Crippen molar-refractivity contribution in [3.8, 4) is 11.1 Å². The predicted octanol–water partition coefficient (Wildman–Crippen LogP) is 3.61. The Morgan fingerprint density at radius 3 is 2.53 bits per heavy atom. The van der Waals surface area contributed by atoms with Gasteiger partial charge in [-0.2, -0.15) is 5.10 Å². The highest BCUT2D eigenvalue weighted by molar-refractivity contribution is 5.98. The molecule has 6 rings (SSSR count). The van der Waals surface area contributed by atoms with Gasteiger partial charge < -0.3 is 9.80 Å². The van der Waals surface area contributed by atoms with Crippen LogP contribution < -0.4 is 4.90 Å². The van der Waals surface area contributed by atoms with Crippen LogP contribution >= 0.6 is 0 Å². The SMILES string of the molecule is Cc1cc(-c2cnn3cc(N4CCC(N5CCN(C)CC5)CC4)cnc23)c2ccc(F)cc2n1. The maximum atomic E-state index is 13.8. The number of nitrogens with zero attached hydrogens (tertiary/aromatic N) is 7. The Kier molecular flexibility index (Phi) is 5.42. The number of rotatable bonds is 3. The van der Waals surface area contributed by atoms with E-state index < -0.39 is 0 Å². The van der Waals surface area contributed by atoms with Crippen LogP contribution in [0.2, 0.25) is 0 Å². The van der Waals surface area contributed by atoms with Crippen LogP contribution in [0.5, 0.6) is 0 Å². The molecule has 5 heterocycles. The van der Waals surface area contributed by atoms with Crippen LogP contribution in [-0.2, 0) is 0 Å². The number of piperazine rings is 1. The van der Waals surface area contributed by atoms with Crippen LogP contribution in [-0.4, -0.2) is 81.7 Å². The molecule has 4 aromatic rings. The number of pyridine rings is 1. The molecule has 2 fully saturated rings. The Morgan fingerprint density at radius 1 is 0.941 bits per heavy atom. The standard InChI is InChI=1S/C26H30FN7/c1-18-13-23(22-4-3-19(27)14-25(22)30-18)24-16-29-34-17-21(15-28-26(24)34)32-7-5-20(6-8-32)33-11-9-31(2)10-12-33/h3-4,13-17,20H,5-12H2,1-2H3. The molecule has 0 amide bonds. The molecule has 0 saturated carbocycles. The highest BCUT2D eigenvalue weighted by Crippen LogP contribution is 2.32. The van der Waals surface area contributed by atoms with Crippen molar-refractivity contribution in [1.82, 2.24) is 29.4 Å². The van der Waals surface area contributed by atoms with Crippen molar-refractivity contribution in [2.45, 2.75) is 25.8 Å². The van der Waals surface area contributed by atoms with Crippen molar-refractivity contribution in [2.75, 3.05) is 51.2 Å². The zero-order valence-electron chi connectivity index (χ0n) is 19.8. The van der Waals surface area contributed by atoms with E-state index in [1.54, 1.807) is 6.07 Å². The van der Waals surface area contributed by atoms with Gasteiger partial charge in [-0.25, -0.2) is 13.9 Å². The van der Waals surface area contributed by atoms with Crippen LogP contribution in [0.15, 0.2) is 42.9 Å². The molecular formula is C26H30FN7. The second-order valence-corrected chi connectivity index (χ2v) is 9.67. The van der Waals surface area contributed by atoms with Crippen molar-refractivity contribution in [1.29, 1.82) is 0 Å². The minimum absolute atomic E-state index is 0.282. The lowest BCUT2D eigenvalue weighted by Crippen LogP contribution is -2.52.